The monoisotopic (exact) mass is 684 g/mol. The lowest BCUT2D eigenvalue weighted by Crippen LogP contribution is -2.13. The highest BCUT2D eigenvalue weighted by Crippen LogP contribution is 2.37. The van der Waals surface area contributed by atoms with E-state index in [2.05, 4.69) is 5.32 Å². The smallest absolute Gasteiger partial charge is 0.339 e. The summed E-state index contributed by atoms with van der Waals surface area (Å²) in [6.07, 6.45) is 1.19. The molecule has 1 amide bonds. The third kappa shape index (κ3) is 6.98. The van der Waals surface area contributed by atoms with Crippen LogP contribution in [-0.4, -0.2) is 31.3 Å². The Morgan fingerprint density at radius 1 is 1.10 bits per heavy atom. The van der Waals surface area contributed by atoms with E-state index in [1.54, 1.807) is 28.7 Å². The van der Waals surface area contributed by atoms with Gasteiger partial charge in [-0.25, -0.2) is 0 Å². The molecule has 0 saturated carbocycles. The molecule has 3 rings (SSSR count). The van der Waals surface area contributed by atoms with Crippen LogP contribution in [0.2, 0.25) is 5.02 Å². The summed E-state index contributed by atoms with van der Waals surface area (Å²) in [5.74, 6) is -1.11. The second-order valence-corrected chi connectivity index (χ2v) is 10.5. The Bertz CT molecular complexity index is 1670. The van der Waals surface area contributed by atoms with Gasteiger partial charge in [-0.05, 0) is 70.6 Å². The number of nitrogens with one attached hydrogen (secondary N) is 1. The molecule has 0 spiro atoms. The molecule has 0 aliphatic rings. The minimum atomic E-state index is -4.41. The van der Waals surface area contributed by atoms with Crippen molar-refractivity contribution in [2.75, 3.05) is 12.4 Å². The summed E-state index contributed by atoms with van der Waals surface area (Å²) < 4.78 is 36.2. The topological polar surface area (TPSA) is 192 Å². The predicted molar refractivity (Wildman–Crippen MR) is 147 cm³/mol. The van der Waals surface area contributed by atoms with Gasteiger partial charge in [-0.2, -0.15) is 13.7 Å². The zero-order chi connectivity index (χ0) is 28.9. The van der Waals surface area contributed by atoms with Crippen molar-refractivity contribution in [1.29, 1.82) is 5.26 Å². The van der Waals surface area contributed by atoms with E-state index in [-0.39, 0.29) is 47.5 Å². The zero-order valence-electron chi connectivity index (χ0n) is 19.5. The number of nitrogens with zero attached hydrogens (tertiary/aromatic N) is 3. The number of hydrogen-bond acceptors (Lipinski definition) is 10. The number of ether oxygens (including phenoxy) is 1. The fourth-order valence-electron chi connectivity index (χ4n) is 3.04. The zero-order valence-corrected chi connectivity index (χ0v) is 23.2. The molecule has 0 aromatic heterocycles. The maximum atomic E-state index is 12.8. The molecule has 0 atom stereocenters. The second kappa shape index (κ2) is 12.1. The number of carbonyl (C=O) groups is 1. The molecule has 13 nitrogen and oxygen atoms in total. The SMILES string of the molecule is COc1cc(/C=C(\C#N)C(=O)Nc2ccc(Cl)c([N+](=O)[O-])c2)cc(I)c1OS(=O)(=O)c1ccc([N+](=O)[O-])cc1. The second-order valence-electron chi connectivity index (χ2n) is 7.37. The van der Waals surface area contributed by atoms with Crippen LogP contribution < -0.4 is 14.2 Å². The van der Waals surface area contributed by atoms with E-state index < -0.39 is 31.6 Å². The third-order valence-corrected chi connectivity index (χ3v) is 7.21. The van der Waals surface area contributed by atoms with Gasteiger partial charge in [-0.1, -0.05) is 11.6 Å². The number of amides is 1. The minimum absolute atomic E-state index is 0.0320. The lowest BCUT2D eigenvalue weighted by atomic mass is 10.1. The summed E-state index contributed by atoms with van der Waals surface area (Å²) in [4.78, 5) is 32.8. The van der Waals surface area contributed by atoms with Crippen molar-refractivity contribution in [2.24, 2.45) is 0 Å². The molecule has 0 saturated heterocycles. The number of non-ortho nitro benzene ring substituents is 1. The summed E-state index contributed by atoms with van der Waals surface area (Å²) in [7, 11) is -3.16. The normalized spacial score (nSPS) is 11.3. The highest BCUT2D eigenvalue weighted by Gasteiger charge is 2.23. The molecule has 16 heteroatoms. The summed E-state index contributed by atoms with van der Waals surface area (Å²) in [6.45, 7) is 0. The van der Waals surface area contributed by atoms with Gasteiger partial charge in [-0.3, -0.25) is 25.0 Å². The maximum absolute atomic E-state index is 12.8. The Balaban J connectivity index is 1.90. The van der Waals surface area contributed by atoms with Gasteiger partial charge in [0.25, 0.3) is 17.3 Å². The van der Waals surface area contributed by atoms with E-state index >= 15 is 0 Å². The first-order valence-electron chi connectivity index (χ1n) is 10.3. The van der Waals surface area contributed by atoms with Crippen LogP contribution in [0, 0.1) is 35.1 Å². The van der Waals surface area contributed by atoms with Crippen molar-refractivity contribution in [1.82, 2.24) is 0 Å². The van der Waals surface area contributed by atoms with Crippen molar-refractivity contribution < 1.29 is 32.0 Å². The van der Waals surface area contributed by atoms with E-state index in [0.29, 0.717) is 0 Å². The number of benzene rings is 3. The van der Waals surface area contributed by atoms with Gasteiger partial charge in [0.2, 0.25) is 0 Å². The van der Waals surface area contributed by atoms with E-state index in [1.807, 2.05) is 0 Å². The lowest BCUT2D eigenvalue weighted by Gasteiger charge is -2.13. The largest absolute Gasteiger partial charge is 0.493 e. The van der Waals surface area contributed by atoms with Crippen LogP contribution in [0.3, 0.4) is 0 Å². The van der Waals surface area contributed by atoms with Crippen LogP contribution >= 0.6 is 34.2 Å². The molecular formula is C23H14ClIN4O9S. The quantitative estimate of drug-likeness (QED) is 0.0793. The molecule has 0 bridgehead atoms. The van der Waals surface area contributed by atoms with Crippen molar-refractivity contribution in [3.05, 3.63) is 94.6 Å². The average Bonchev–Trinajstić information content (AvgIpc) is 2.89. The molecule has 39 heavy (non-hydrogen) atoms. The van der Waals surface area contributed by atoms with Gasteiger partial charge in [0.05, 0.1) is 20.5 Å². The highest BCUT2D eigenvalue weighted by atomic mass is 127. The Kier molecular flexibility index (Phi) is 9.06. The fourth-order valence-corrected chi connectivity index (χ4v) is 5.07. The van der Waals surface area contributed by atoms with E-state index in [1.165, 1.54) is 37.5 Å². The Hall–Kier alpha value is -4.27. The van der Waals surface area contributed by atoms with Gasteiger partial charge in [0, 0.05) is 23.9 Å². The Labute approximate surface area is 239 Å². The molecule has 0 radical (unpaired) electrons. The molecule has 3 aromatic carbocycles. The van der Waals surface area contributed by atoms with Crippen LogP contribution in [0.4, 0.5) is 17.1 Å². The van der Waals surface area contributed by atoms with Crippen LogP contribution in [0.5, 0.6) is 11.5 Å². The highest BCUT2D eigenvalue weighted by molar-refractivity contribution is 14.1. The van der Waals surface area contributed by atoms with Crippen molar-refractivity contribution in [3.63, 3.8) is 0 Å². The molecule has 1 N–H and O–H groups in total. The molecule has 3 aromatic rings. The van der Waals surface area contributed by atoms with Crippen molar-refractivity contribution >= 4 is 73.4 Å². The molecule has 0 heterocycles. The summed E-state index contributed by atoms with van der Waals surface area (Å²) in [6, 6.07) is 12.1. The van der Waals surface area contributed by atoms with Crippen LogP contribution in [0.15, 0.2) is 65.1 Å². The van der Waals surface area contributed by atoms with E-state index in [0.717, 1.165) is 30.3 Å². The molecule has 200 valence electrons. The minimum Gasteiger partial charge on any atom is -0.493 e. The van der Waals surface area contributed by atoms with Gasteiger partial charge < -0.3 is 14.2 Å². The number of nitro benzene ring substituents is 2. The van der Waals surface area contributed by atoms with Crippen molar-refractivity contribution in [2.45, 2.75) is 4.90 Å². The average molecular weight is 685 g/mol. The van der Waals surface area contributed by atoms with Gasteiger partial charge in [0.15, 0.2) is 11.5 Å². The van der Waals surface area contributed by atoms with Crippen LogP contribution in [0.25, 0.3) is 6.08 Å². The first kappa shape index (κ1) is 29.3. The Morgan fingerprint density at radius 2 is 1.77 bits per heavy atom. The fraction of sp³-hybridized carbons (Fsp3) is 0.0435. The summed E-state index contributed by atoms with van der Waals surface area (Å²) >= 11 is 7.54. The summed E-state index contributed by atoms with van der Waals surface area (Å²) in [5, 5.41) is 33.7. The standard InChI is InChI=1S/C23H14ClIN4O9S/c1-37-21-10-13(8-14(12-26)23(30)27-15-2-7-18(24)20(11-15)29(33)34)9-19(25)22(21)38-39(35,36)17-5-3-16(4-6-17)28(31)32/h2-11H,1H3,(H,27,30)/b14-8+. The summed E-state index contributed by atoms with van der Waals surface area (Å²) in [5.41, 5.74) is -0.813. The maximum Gasteiger partial charge on any atom is 0.339 e. The number of halogens is 2. The number of nitro groups is 2. The van der Waals surface area contributed by atoms with Gasteiger partial charge >= 0.3 is 10.1 Å². The number of rotatable bonds is 9. The van der Waals surface area contributed by atoms with Crippen LogP contribution in [-0.2, 0) is 14.9 Å². The number of methoxy groups -OCH3 is 1. The molecule has 0 aliphatic carbocycles. The number of hydrogen-bond donors (Lipinski definition) is 1. The first-order chi connectivity index (χ1) is 18.4. The number of anilines is 1. The predicted octanol–water partition coefficient (Wildman–Crippen LogP) is 5.08. The number of nitriles is 1. The third-order valence-electron chi connectivity index (χ3n) is 4.86. The van der Waals surface area contributed by atoms with Gasteiger partial charge in [-0.15, -0.1) is 0 Å². The molecular weight excluding hydrogens is 671 g/mol. The van der Waals surface area contributed by atoms with Crippen molar-refractivity contribution in [3.8, 4) is 17.6 Å². The van der Waals surface area contributed by atoms with Crippen LogP contribution in [0.1, 0.15) is 5.56 Å². The first-order valence-corrected chi connectivity index (χ1v) is 13.2. The van der Waals surface area contributed by atoms with Gasteiger partial charge in [0.1, 0.15) is 21.6 Å². The molecule has 0 aliphatic heterocycles. The van der Waals surface area contributed by atoms with E-state index in [4.69, 9.17) is 20.5 Å². The Morgan fingerprint density at radius 3 is 2.33 bits per heavy atom. The lowest BCUT2D eigenvalue weighted by molar-refractivity contribution is -0.385. The molecule has 0 fully saturated rings. The molecule has 0 unspecified atom stereocenters. The van der Waals surface area contributed by atoms with E-state index in [9.17, 15) is 38.7 Å². The number of carbonyl (C=O) groups excluding carboxylic acids is 1.